The molecule has 2 aromatic heterocycles. The predicted molar refractivity (Wildman–Crippen MR) is 50.2 cm³/mol. The maximum absolute atomic E-state index is 12.6. The summed E-state index contributed by atoms with van der Waals surface area (Å²) in [4.78, 5) is 11.6. The molecule has 3 nitrogen and oxygen atoms in total. The minimum absolute atomic E-state index is 0.334. The van der Waals surface area contributed by atoms with Crippen LogP contribution in [0.4, 0.5) is 4.39 Å². The molecule has 0 fully saturated rings. The summed E-state index contributed by atoms with van der Waals surface area (Å²) < 4.78 is 12.6. The standard InChI is InChI=1S/C9H5ClFN3/c10-9-3-8(13-5-14-9)7-2-1-6(11)4-12-7/h1-5H. The molecule has 0 saturated carbocycles. The maximum atomic E-state index is 12.6. The molecule has 0 spiro atoms. The Morgan fingerprint density at radius 2 is 1.93 bits per heavy atom. The second-order valence-electron chi connectivity index (χ2n) is 2.59. The average Bonchev–Trinajstić information content (AvgIpc) is 2.19. The molecule has 2 rings (SSSR count). The summed E-state index contributed by atoms with van der Waals surface area (Å²) in [6.45, 7) is 0. The molecule has 0 aliphatic carbocycles. The van der Waals surface area contributed by atoms with Gasteiger partial charge in [-0.2, -0.15) is 0 Å². The third-order valence-electron chi connectivity index (χ3n) is 1.62. The normalized spacial score (nSPS) is 10.1. The number of nitrogens with zero attached hydrogens (tertiary/aromatic N) is 3. The summed E-state index contributed by atoms with van der Waals surface area (Å²) in [5, 5.41) is 0.334. The van der Waals surface area contributed by atoms with Gasteiger partial charge in [-0.3, -0.25) is 4.98 Å². The van der Waals surface area contributed by atoms with Crippen molar-refractivity contribution in [3.8, 4) is 11.4 Å². The quantitative estimate of drug-likeness (QED) is 0.677. The average molecular weight is 210 g/mol. The van der Waals surface area contributed by atoms with Crippen molar-refractivity contribution in [1.82, 2.24) is 15.0 Å². The molecule has 70 valence electrons. The summed E-state index contributed by atoms with van der Waals surface area (Å²) in [6.07, 6.45) is 2.47. The smallest absolute Gasteiger partial charge is 0.141 e. The van der Waals surface area contributed by atoms with Crippen LogP contribution in [-0.4, -0.2) is 15.0 Å². The van der Waals surface area contributed by atoms with Gasteiger partial charge in [0.05, 0.1) is 17.6 Å². The fraction of sp³-hybridized carbons (Fsp3) is 0. The Morgan fingerprint density at radius 1 is 1.07 bits per heavy atom. The number of pyridine rings is 1. The SMILES string of the molecule is Fc1ccc(-c2cc(Cl)ncn2)nc1. The van der Waals surface area contributed by atoms with Gasteiger partial charge < -0.3 is 0 Å². The summed E-state index contributed by atoms with van der Waals surface area (Å²) in [6, 6.07) is 4.42. The zero-order valence-corrected chi connectivity index (χ0v) is 7.74. The molecule has 5 heteroatoms. The first kappa shape index (κ1) is 9.02. The lowest BCUT2D eigenvalue weighted by molar-refractivity contribution is 0.622. The molecule has 0 aromatic carbocycles. The maximum Gasteiger partial charge on any atom is 0.141 e. The fourth-order valence-electron chi connectivity index (χ4n) is 1.00. The van der Waals surface area contributed by atoms with E-state index in [1.165, 1.54) is 18.5 Å². The van der Waals surface area contributed by atoms with Crippen LogP contribution in [0.25, 0.3) is 11.4 Å². The van der Waals surface area contributed by atoms with Crippen LogP contribution in [0.1, 0.15) is 0 Å². The van der Waals surface area contributed by atoms with E-state index in [0.29, 0.717) is 16.5 Å². The number of hydrogen-bond donors (Lipinski definition) is 0. The van der Waals surface area contributed by atoms with Crippen LogP contribution in [0.2, 0.25) is 5.15 Å². The summed E-state index contributed by atoms with van der Waals surface area (Å²) in [5.41, 5.74) is 1.14. The number of halogens is 2. The van der Waals surface area contributed by atoms with Gasteiger partial charge in [0.15, 0.2) is 0 Å². The van der Waals surface area contributed by atoms with Crippen LogP contribution >= 0.6 is 11.6 Å². The Bertz CT molecular complexity index is 444. The molecule has 0 amide bonds. The molecule has 0 aliphatic heterocycles. The van der Waals surface area contributed by atoms with Crippen molar-refractivity contribution in [3.05, 3.63) is 41.7 Å². The lowest BCUT2D eigenvalue weighted by Gasteiger charge is -1.98. The van der Waals surface area contributed by atoms with Gasteiger partial charge in [-0.15, -0.1) is 0 Å². The molecule has 14 heavy (non-hydrogen) atoms. The Kier molecular flexibility index (Phi) is 2.37. The van der Waals surface area contributed by atoms with E-state index in [1.807, 2.05) is 0 Å². The van der Waals surface area contributed by atoms with E-state index in [9.17, 15) is 4.39 Å². The third-order valence-corrected chi connectivity index (χ3v) is 1.83. The van der Waals surface area contributed by atoms with Crippen LogP contribution in [0.5, 0.6) is 0 Å². The Hall–Kier alpha value is -1.55. The van der Waals surface area contributed by atoms with E-state index in [4.69, 9.17) is 11.6 Å². The number of hydrogen-bond acceptors (Lipinski definition) is 3. The number of aromatic nitrogens is 3. The van der Waals surface area contributed by atoms with E-state index in [0.717, 1.165) is 6.20 Å². The van der Waals surface area contributed by atoms with Gasteiger partial charge in [0, 0.05) is 6.07 Å². The monoisotopic (exact) mass is 209 g/mol. The van der Waals surface area contributed by atoms with Crippen LogP contribution in [0.3, 0.4) is 0 Å². The van der Waals surface area contributed by atoms with Crippen LogP contribution in [-0.2, 0) is 0 Å². The Balaban J connectivity index is 2.44. The molecule has 0 saturated heterocycles. The molecular weight excluding hydrogens is 205 g/mol. The molecule has 0 atom stereocenters. The summed E-state index contributed by atoms with van der Waals surface area (Å²) >= 11 is 5.67. The molecule has 0 radical (unpaired) electrons. The van der Waals surface area contributed by atoms with Crippen molar-refractivity contribution < 1.29 is 4.39 Å². The van der Waals surface area contributed by atoms with Gasteiger partial charge >= 0.3 is 0 Å². The highest BCUT2D eigenvalue weighted by atomic mass is 35.5. The minimum atomic E-state index is -0.381. The van der Waals surface area contributed by atoms with Crippen molar-refractivity contribution in [2.24, 2.45) is 0 Å². The topological polar surface area (TPSA) is 38.7 Å². The minimum Gasteiger partial charge on any atom is -0.252 e. The van der Waals surface area contributed by atoms with Gasteiger partial charge in [-0.25, -0.2) is 14.4 Å². The molecular formula is C9H5ClFN3. The lowest BCUT2D eigenvalue weighted by Crippen LogP contribution is -1.89. The zero-order chi connectivity index (χ0) is 9.97. The Morgan fingerprint density at radius 3 is 2.57 bits per heavy atom. The predicted octanol–water partition coefficient (Wildman–Crippen LogP) is 2.33. The zero-order valence-electron chi connectivity index (χ0n) is 6.98. The van der Waals surface area contributed by atoms with Crippen LogP contribution in [0, 0.1) is 5.82 Å². The molecule has 0 aliphatic rings. The van der Waals surface area contributed by atoms with Gasteiger partial charge in [0.1, 0.15) is 17.3 Å². The Labute approximate surface area is 84.6 Å². The summed E-state index contributed by atoms with van der Waals surface area (Å²) in [5.74, 6) is -0.381. The third kappa shape index (κ3) is 1.85. The van der Waals surface area contributed by atoms with Crippen molar-refractivity contribution in [2.75, 3.05) is 0 Å². The first-order valence-corrected chi connectivity index (χ1v) is 4.23. The van der Waals surface area contributed by atoms with E-state index < -0.39 is 0 Å². The summed E-state index contributed by atoms with van der Waals surface area (Å²) in [7, 11) is 0. The molecule has 2 heterocycles. The van der Waals surface area contributed by atoms with E-state index in [2.05, 4.69) is 15.0 Å². The molecule has 0 unspecified atom stereocenters. The first-order valence-electron chi connectivity index (χ1n) is 3.85. The van der Waals surface area contributed by atoms with Crippen molar-refractivity contribution in [1.29, 1.82) is 0 Å². The van der Waals surface area contributed by atoms with Gasteiger partial charge in [-0.05, 0) is 12.1 Å². The first-order chi connectivity index (χ1) is 6.75. The van der Waals surface area contributed by atoms with Gasteiger partial charge in [0.2, 0.25) is 0 Å². The van der Waals surface area contributed by atoms with Gasteiger partial charge in [-0.1, -0.05) is 11.6 Å². The van der Waals surface area contributed by atoms with Gasteiger partial charge in [0.25, 0.3) is 0 Å². The number of rotatable bonds is 1. The van der Waals surface area contributed by atoms with E-state index in [1.54, 1.807) is 6.07 Å². The van der Waals surface area contributed by atoms with Crippen molar-refractivity contribution >= 4 is 11.6 Å². The highest BCUT2D eigenvalue weighted by molar-refractivity contribution is 6.29. The highest BCUT2D eigenvalue weighted by Gasteiger charge is 2.01. The lowest BCUT2D eigenvalue weighted by atomic mass is 10.2. The van der Waals surface area contributed by atoms with Crippen LogP contribution < -0.4 is 0 Å². The molecule has 0 N–H and O–H groups in total. The van der Waals surface area contributed by atoms with Crippen LogP contribution in [0.15, 0.2) is 30.7 Å². The second-order valence-corrected chi connectivity index (χ2v) is 2.97. The second kappa shape index (κ2) is 3.67. The molecule has 2 aromatic rings. The van der Waals surface area contributed by atoms with Crippen molar-refractivity contribution in [3.63, 3.8) is 0 Å². The highest BCUT2D eigenvalue weighted by Crippen LogP contribution is 2.15. The molecule has 0 bridgehead atoms. The fourth-order valence-corrected chi connectivity index (χ4v) is 1.15. The largest absolute Gasteiger partial charge is 0.252 e. The van der Waals surface area contributed by atoms with E-state index in [-0.39, 0.29) is 5.82 Å². The van der Waals surface area contributed by atoms with E-state index >= 15 is 0 Å². The van der Waals surface area contributed by atoms with Crippen molar-refractivity contribution in [2.45, 2.75) is 0 Å².